The van der Waals surface area contributed by atoms with Gasteiger partial charge in [0.25, 0.3) is 0 Å². The number of ether oxygens (including phenoxy) is 1. The van der Waals surface area contributed by atoms with Gasteiger partial charge >= 0.3 is 0 Å². The Morgan fingerprint density at radius 3 is 2.37 bits per heavy atom. The third-order valence-electron chi connectivity index (χ3n) is 4.26. The van der Waals surface area contributed by atoms with Crippen LogP contribution in [-0.4, -0.2) is 48.4 Å². The van der Waals surface area contributed by atoms with Crippen LogP contribution >= 0.6 is 11.3 Å². The van der Waals surface area contributed by atoms with Gasteiger partial charge < -0.3 is 14.5 Å². The highest BCUT2D eigenvalue weighted by atomic mass is 32.1. The number of thiophene rings is 1. The van der Waals surface area contributed by atoms with Crippen LogP contribution in [0.25, 0.3) is 0 Å². The fourth-order valence-corrected chi connectivity index (χ4v) is 3.71. The Balaban J connectivity index is 2.09. The molecule has 0 unspecified atom stereocenters. The van der Waals surface area contributed by atoms with E-state index in [1.807, 2.05) is 35.2 Å². The van der Waals surface area contributed by atoms with Crippen LogP contribution in [0.1, 0.15) is 28.7 Å². The van der Waals surface area contributed by atoms with E-state index < -0.39 is 0 Å². The highest BCUT2D eigenvalue weighted by molar-refractivity contribution is 7.11. The molecular weight excluding hydrogens is 360 g/mol. The van der Waals surface area contributed by atoms with Gasteiger partial charge in [-0.2, -0.15) is 0 Å². The molecule has 0 aliphatic carbocycles. The minimum atomic E-state index is -0.0916. The number of hydrogen-bond donors (Lipinski definition) is 0. The van der Waals surface area contributed by atoms with E-state index in [0.29, 0.717) is 32.7 Å². The summed E-state index contributed by atoms with van der Waals surface area (Å²) in [5.74, 6) is -0.136. The van der Waals surface area contributed by atoms with Crippen molar-refractivity contribution in [3.8, 4) is 0 Å². The van der Waals surface area contributed by atoms with E-state index in [4.69, 9.17) is 4.74 Å². The molecule has 0 N–H and O–H groups in total. The summed E-state index contributed by atoms with van der Waals surface area (Å²) in [7, 11) is 1.63. The van der Waals surface area contributed by atoms with Crippen LogP contribution in [-0.2, 0) is 27.4 Å². The first-order valence-corrected chi connectivity index (χ1v) is 9.92. The highest BCUT2D eigenvalue weighted by Crippen LogP contribution is 2.19. The lowest BCUT2D eigenvalue weighted by Crippen LogP contribution is -2.42. The molecule has 1 aromatic heterocycles. The molecule has 2 aromatic rings. The molecule has 0 saturated carbocycles. The van der Waals surface area contributed by atoms with Crippen molar-refractivity contribution in [1.82, 2.24) is 9.80 Å². The molecule has 2 amide bonds. The molecule has 27 heavy (non-hydrogen) atoms. The van der Waals surface area contributed by atoms with Gasteiger partial charge in [-0.15, -0.1) is 11.3 Å². The van der Waals surface area contributed by atoms with Crippen LogP contribution in [0.15, 0.2) is 42.5 Å². The van der Waals surface area contributed by atoms with E-state index >= 15 is 0 Å². The molecule has 146 valence electrons. The van der Waals surface area contributed by atoms with Crippen molar-refractivity contribution in [2.75, 3.05) is 26.8 Å². The monoisotopic (exact) mass is 388 g/mol. The largest absolute Gasteiger partial charge is 0.385 e. The van der Waals surface area contributed by atoms with Crippen molar-refractivity contribution in [3.63, 3.8) is 0 Å². The topological polar surface area (TPSA) is 49.9 Å². The van der Waals surface area contributed by atoms with Gasteiger partial charge in [-0.1, -0.05) is 30.3 Å². The molecule has 0 spiro atoms. The summed E-state index contributed by atoms with van der Waals surface area (Å²) in [5, 5.41) is 0. The van der Waals surface area contributed by atoms with Crippen LogP contribution in [0, 0.1) is 6.92 Å². The Labute approximate surface area is 165 Å². The fourth-order valence-electron chi connectivity index (χ4n) is 2.81. The number of hydrogen-bond acceptors (Lipinski definition) is 4. The number of aryl methyl sites for hydroxylation is 1. The van der Waals surface area contributed by atoms with Crippen molar-refractivity contribution in [2.45, 2.75) is 33.4 Å². The van der Waals surface area contributed by atoms with Gasteiger partial charge in [0.05, 0.1) is 13.1 Å². The van der Waals surface area contributed by atoms with Crippen molar-refractivity contribution in [3.05, 3.63) is 57.8 Å². The molecule has 1 aromatic carbocycles. The standard InChI is InChI=1S/C21H28N2O3S/c1-17-10-11-20(27-17)15-23(14-19-8-5-4-6-9-19)21(25)16-22(18(2)24)12-7-13-26-3/h4-6,8-11H,7,12-16H2,1-3H3. The summed E-state index contributed by atoms with van der Waals surface area (Å²) in [6.07, 6.45) is 0.714. The molecule has 0 aliphatic rings. The summed E-state index contributed by atoms with van der Waals surface area (Å²) >= 11 is 1.70. The van der Waals surface area contributed by atoms with Crippen LogP contribution in [0.3, 0.4) is 0 Å². The fraction of sp³-hybridized carbons (Fsp3) is 0.429. The zero-order valence-electron chi connectivity index (χ0n) is 16.3. The molecule has 0 radical (unpaired) electrons. The Morgan fingerprint density at radius 2 is 1.78 bits per heavy atom. The van der Waals surface area contributed by atoms with Crippen molar-refractivity contribution < 1.29 is 14.3 Å². The number of benzene rings is 1. The quantitative estimate of drug-likeness (QED) is 0.586. The molecule has 0 fully saturated rings. The summed E-state index contributed by atoms with van der Waals surface area (Å²) in [4.78, 5) is 30.7. The van der Waals surface area contributed by atoms with Gasteiger partial charge in [0, 0.05) is 43.5 Å². The minimum Gasteiger partial charge on any atom is -0.385 e. The lowest BCUT2D eigenvalue weighted by atomic mass is 10.2. The summed E-state index contributed by atoms with van der Waals surface area (Å²) in [6.45, 7) is 5.83. The second-order valence-corrected chi connectivity index (χ2v) is 7.91. The minimum absolute atomic E-state index is 0.0440. The van der Waals surface area contributed by atoms with Gasteiger partial charge in [-0.3, -0.25) is 9.59 Å². The average molecular weight is 389 g/mol. The van der Waals surface area contributed by atoms with Crippen molar-refractivity contribution in [1.29, 1.82) is 0 Å². The van der Waals surface area contributed by atoms with Gasteiger partial charge in [0.1, 0.15) is 0 Å². The first-order chi connectivity index (χ1) is 13.0. The van der Waals surface area contributed by atoms with E-state index in [-0.39, 0.29) is 18.4 Å². The van der Waals surface area contributed by atoms with Crippen LogP contribution < -0.4 is 0 Å². The molecule has 0 saturated heterocycles. The normalized spacial score (nSPS) is 10.6. The molecule has 2 rings (SSSR count). The molecule has 5 nitrogen and oxygen atoms in total. The first kappa shape index (κ1) is 21.1. The predicted molar refractivity (Wildman–Crippen MR) is 108 cm³/mol. The number of methoxy groups -OCH3 is 1. The zero-order valence-corrected chi connectivity index (χ0v) is 17.1. The lowest BCUT2D eigenvalue weighted by Gasteiger charge is -2.27. The summed E-state index contributed by atoms with van der Waals surface area (Å²) < 4.78 is 5.05. The molecule has 0 aliphatic heterocycles. The van der Waals surface area contributed by atoms with Gasteiger partial charge in [-0.25, -0.2) is 0 Å². The maximum absolute atomic E-state index is 13.0. The maximum atomic E-state index is 13.0. The van der Waals surface area contributed by atoms with Gasteiger partial charge in [0.2, 0.25) is 11.8 Å². The van der Waals surface area contributed by atoms with Gasteiger partial charge in [-0.05, 0) is 31.0 Å². The van der Waals surface area contributed by atoms with Gasteiger partial charge in [0.15, 0.2) is 0 Å². The molecular formula is C21H28N2O3S. The second-order valence-electron chi connectivity index (χ2n) is 6.53. The van der Waals surface area contributed by atoms with E-state index in [9.17, 15) is 9.59 Å². The Kier molecular flexibility index (Phi) is 8.48. The SMILES string of the molecule is COCCCN(CC(=O)N(Cc1ccccc1)Cc1ccc(C)s1)C(C)=O. The molecule has 6 heteroatoms. The van der Waals surface area contributed by atoms with Crippen molar-refractivity contribution >= 4 is 23.2 Å². The number of carbonyl (C=O) groups is 2. The number of amides is 2. The smallest absolute Gasteiger partial charge is 0.242 e. The average Bonchev–Trinajstić information content (AvgIpc) is 3.06. The van der Waals surface area contributed by atoms with E-state index in [0.717, 1.165) is 10.4 Å². The van der Waals surface area contributed by atoms with E-state index in [1.54, 1.807) is 23.3 Å². The Morgan fingerprint density at radius 1 is 1.04 bits per heavy atom. The zero-order chi connectivity index (χ0) is 19.6. The highest BCUT2D eigenvalue weighted by Gasteiger charge is 2.20. The third kappa shape index (κ3) is 7.15. The predicted octanol–water partition coefficient (Wildman–Crippen LogP) is 3.47. The summed E-state index contributed by atoms with van der Waals surface area (Å²) in [6, 6.07) is 14.1. The Hall–Kier alpha value is -2.18. The summed E-state index contributed by atoms with van der Waals surface area (Å²) in [5.41, 5.74) is 1.08. The molecule has 0 atom stereocenters. The first-order valence-electron chi connectivity index (χ1n) is 9.11. The van der Waals surface area contributed by atoms with Crippen LogP contribution in [0.5, 0.6) is 0 Å². The second kappa shape index (κ2) is 10.8. The number of carbonyl (C=O) groups excluding carboxylic acids is 2. The third-order valence-corrected chi connectivity index (χ3v) is 5.25. The Bertz CT molecular complexity index is 730. The van der Waals surface area contributed by atoms with E-state index in [2.05, 4.69) is 19.1 Å². The van der Waals surface area contributed by atoms with Crippen LogP contribution in [0.4, 0.5) is 0 Å². The van der Waals surface area contributed by atoms with Crippen LogP contribution in [0.2, 0.25) is 0 Å². The molecule has 1 heterocycles. The van der Waals surface area contributed by atoms with E-state index in [1.165, 1.54) is 11.8 Å². The van der Waals surface area contributed by atoms with Crippen molar-refractivity contribution in [2.24, 2.45) is 0 Å². The lowest BCUT2D eigenvalue weighted by molar-refractivity contribution is -0.140. The number of nitrogens with zero attached hydrogens (tertiary/aromatic N) is 2. The molecule has 0 bridgehead atoms. The number of rotatable bonds is 10. The maximum Gasteiger partial charge on any atom is 0.242 e.